The van der Waals surface area contributed by atoms with Gasteiger partial charge in [-0.05, 0) is 41.8 Å². The maximum atomic E-state index is 12.2. The van der Waals surface area contributed by atoms with Crippen LogP contribution in [0.25, 0.3) is 0 Å². The van der Waals surface area contributed by atoms with Gasteiger partial charge in [0.2, 0.25) is 5.91 Å². The predicted molar refractivity (Wildman–Crippen MR) is 81.7 cm³/mol. The molecule has 2 N–H and O–H groups in total. The zero-order valence-electron chi connectivity index (χ0n) is 11.9. The normalized spacial score (nSPS) is 19.2. The SMILES string of the molecule is NCCCCCCC(=O)N1CCOC(c2ccsc2)C1. The fraction of sp³-hybridized carbons (Fsp3) is 0.667. The molecule has 1 unspecified atom stereocenters. The summed E-state index contributed by atoms with van der Waals surface area (Å²) < 4.78 is 5.76. The second kappa shape index (κ2) is 8.39. The summed E-state index contributed by atoms with van der Waals surface area (Å²) in [6, 6.07) is 2.08. The molecule has 0 bridgehead atoms. The van der Waals surface area contributed by atoms with Gasteiger partial charge in [-0.25, -0.2) is 0 Å². The number of hydrogen-bond donors (Lipinski definition) is 1. The van der Waals surface area contributed by atoms with Crippen LogP contribution in [0.2, 0.25) is 0 Å². The molecular weight excluding hydrogens is 272 g/mol. The lowest BCUT2D eigenvalue weighted by atomic mass is 10.1. The van der Waals surface area contributed by atoms with E-state index in [1.165, 1.54) is 5.56 Å². The monoisotopic (exact) mass is 296 g/mol. The Labute approximate surface area is 124 Å². The van der Waals surface area contributed by atoms with Gasteiger partial charge in [0.15, 0.2) is 0 Å². The smallest absolute Gasteiger partial charge is 0.222 e. The Balaban J connectivity index is 1.73. The van der Waals surface area contributed by atoms with Crippen molar-refractivity contribution in [2.24, 2.45) is 5.73 Å². The van der Waals surface area contributed by atoms with E-state index in [2.05, 4.69) is 16.8 Å². The molecule has 1 atom stereocenters. The summed E-state index contributed by atoms with van der Waals surface area (Å²) in [5, 5.41) is 4.16. The molecule has 112 valence electrons. The zero-order valence-corrected chi connectivity index (χ0v) is 12.7. The Bertz CT molecular complexity index is 395. The van der Waals surface area contributed by atoms with Crippen molar-refractivity contribution in [3.63, 3.8) is 0 Å². The molecule has 1 aliphatic heterocycles. The predicted octanol–water partition coefficient (Wildman–Crippen LogP) is 2.56. The number of unbranched alkanes of at least 4 members (excludes halogenated alkanes) is 3. The van der Waals surface area contributed by atoms with Crippen molar-refractivity contribution >= 4 is 17.2 Å². The number of hydrogen-bond acceptors (Lipinski definition) is 4. The van der Waals surface area contributed by atoms with Crippen LogP contribution in [0.15, 0.2) is 16.8 Å². The molecule has 4 nitrogen and oxygen atoms in total. The molecule has 1 aromatic rings. The summed E-state index contributed by atoms with van der Waals surface area (Å²) in [5.41, 5.74) is 6.65. The third-order valence-electron chi connectivity index (χ3n) is 3.68. The fourth-order valence-corrected chi connectivity index (χ4v) is 3.17. The lowest BCUT2D eigenvalue weighted by Gasteiger charge is -2.32. The molecule has 20 heavy (non-hydrogen) atoms. The Hall–Kier alpha value is -0.910. The highest BCUT2D eigenvalue weighted by atomic mass is 32.1. The lowest BCUT2D eigenvalue weighted by molar-refractivity contribution is -0.139. The van der Waals surface area contributed by atoms with Crippen LogP contribution >= 0.6 is 11.3 Å². The number of ether oxygens (including phenoxy) is 1. The van der Waals surface area contributed by atoms with Crippen LogP contribution in [-0.2, 0) is 9.53 Å². The van der Waals surface area contributed by atoms with E-state index in [1.807, 2.05) is 4.90 Å². The Morgan fingerprint density at radius 1 is 1.40 bits per heavy atom. The summed E-state index contributed by atoms with van der Waals surface area (Å²) in [5.74, 6) is 0.265. The maximum Gasteiger partial charge on any atom is 0.222 e. The van der Waals surface area contributed by atoms with Crippen molar-refractivity contribution in [3.05, 3.63) is 22.4 Å². The van der Waals surface area contributed by atoms with Crippen LogP contribution in [-0.4, -0.2) is 37.0 Å². The minimum Gasteiger partial charge on any atom is -0.370 e. The quantitative estimate of drug-likeness (QED) is 0.787. The van der Waals surface area contributed by atoms with E-state index < -0.39 is 0 Å². The van der Waals surface area contributed by atoms with E-state index in [4.69, 9.17) is 10.5 Å². The number of morpholine rings is 1. The van der Waals surface area contributed by atoms with Gasteiger partial charge < -0.3 is 15.4 Å². The lowest BCUT2D eigenvalue weighted by Crippen LogP contribution is -2.42. The van der Waals surface area contributed by atoms with E-state index in [0.29, 0.717) is 19.6 Å². The van der Waals surface area contributed by atoms with Crippen molar-refractivity contribution in [2.45, 2.75) is 38.2 Å². The van der Waals surface area contributed by atoms with Crippen molar-refractivity contribution in [1.29, 1.82) is 0 Å². The first-order valence-electron chi connectivity index (χ1n) is 7.43. The van der Waals surface area contributed by atoms with Gasteiger partial charge in [-0.2, -0.15) is 11.3 Å². The van der Waals surface area contributed by atoms with Crippen LogP contribution in [0.5, 0.6) is 0 Å². The first-order valence-corrected chi connectivity index (χ1v) is 8.37. The van der Waals surface area contributed by atoms with E-state index in [0.717, 1.165) is 38.8 Å². The third-order valence-corrected chi connectivity index (χ3v) is 4.38. The molecule has 0 saturated carbocycles. The molecule has 0 aromatic carbocycles. The van der Waals surface area contributed by atoms with Crippen molar-refractivity contribution in [3.8, 4) is 0 Å². The van der Waals surface area contributed by atoms with Crippen molar-refractivity contribution in [2.75, 3.05) is 26.2 Å². The molecule has 2 heterocycles. The molecule has 2 rings (SSSR count). The van der Waals surface area contributed by atoms with Gasteiger partial charge >= 0.3 is 0 Å². The van der Waals surface area contributed by atoms with E-state index in [9.17, 15) is 4.79 Å². The number of carbonyl (C=O) groups is 1. The van der Waals surface area contributed by atoms with Gasteiger partial charge in [0.05, 0.1) is 13.2 Å². The zero-order chi connectivity index (χ0) is 14.2. The summed E-state index contributed by atoms with van der Waals surface area (Å²) in [4.78, 5) is 14.1. The molecule has 1 fully saturated rings. The van der Waals surface area contributed by atoms with E-state index >= 15 is 0 Å². The highest BCUT2D eigenvalue weighted by Crippen LogP contribution is 2.24. The largest absolute Gasteiger partial charge is 0.370 e. The molecule has 0 aliphatic carbocycles. The molecule has 1 aliphatic rings. The minimum atomic E-state index is 0.0520. The van der Waals surface area contributed by atoms with Gasteiger partial charge in [0.25, 0.3) is 0 Å². The molecular formula is C15H24N2O2S. The van der Waals surface area contributed by atoms with Crippen molar-refractivity contribution in [1.82, 2.24) is 4.90 Å². The first kappa shape index (κ1) is 15.5. The molecule has 1 saturated heterocycles. The van der Waals surface area contributed by atoms with Gasteiger partial charge in [-0.15, -0.1) is 0 Å². The maximum absolute atomic E-state index is 12.2. The number of nitrogens with zero attached hydrogens (tertiary/aromatic N) is 1. The summed E-state index contributed by atoms with van der Waals surface area (Å²) in [7, 11) is 0. The van der Waals surface area contributed by atoms with Crippen LogP contribution in [0.1, 0.15) is 43.8 Å². The number of rotatable bonds is 7. The summed E-state index contributed by atoms with van der Waals surface area (Å²) in [6.07, 6.45) is 4.97. The average molecular weight is 296 g/mol. The average Bonchev–Trinajstić information content (AvgIpc) is 3.01. The van der Waals surface area contributed by atoms with Crippen LogP contribution in [0.3, 0.4) is 0 Å². The van der Waals surface area contributed by atoms with Gasteiger partial charge in [-0.1, -0.05) is 12.8 Å². The molecule has 1 aromatic heterocycles. The molecule has 0 spiro atoms. The molecule has 5 heteroatoms. The fourth-order valence-electron chi connectivity index (χ4n) is 2.47. The Morgan fingerprint density at radius 3 is 3.00 bits per heavy atom. The second-order valence-corrected chi connectivity index (χ2v) is 5.99. The summed E-state index contributed by atoms with van der Waals surface area (Å²) in [6.45, 7) is 2.81. The molecule has 1 amide bonds. The van der Waals surface area contributed by atoms with Crippen LogP contribution in [0.4, 0.5) is 0 Å². The standard InChI is InChI=1S/C15H24N2O2S/c16-7-4-2-1-3-5-15(18)17-8-9-19-14(11-17)13-6-10-20-12-13/h6,10,12,14H,1-5,7-9,11,16H2. The van der Waals surface area contributed by atoms with Gasteiger partial charge in [-0.3, -0.25) is 4.79 Å². The number of amides is 1. The Morgan fingerprint density at radius 2 is 2.25 bits per heavy atom. The van der Waals surface area contributed by atoms with Crippen LogP contribution in [0, 0.1) is 0 Å². The van der Waals surface area contributed by atoms with E-state index in [1.54, 1.807) is 11.3 Å². The summed E-state index contributed by atoms with van der Waals surface area (Å²) >= 11 is 1.67. The minimum absolute atomic E-state index is 0.0520. The number of carbonyl (C=O) groups excluding carboxylic acids is 1. The number of thiophene rings is 1. The van der Waals surface area contributed by atoms with Crippen LogP contribution < -0.4 is 5.73 Å². The molecule has 0 radical (unpaired) electrons. The Kier molecular flexibility index (Phi) is 6.50. The first-order chi connectivity index (χ1) is 9.81. The van der Waals surface area contributed by atoms with E-state index in [-0.39, 0.29) is 12.0 Å². The highest BCUT2D eigenvalue weighted by Gasteiger charge is 2.25. The third kappa shape index (κ3) is 4.58. The second-order valence-electron chi connectivity index (χ2n) is 5.21. The number of nitrogens with two attached hydrogens (primary N) is 1. The van der Waals surface area contributed by atoms with Gasteiger partial charge in [0, 0.05) is 13.0 Å². The highest BCUT2D eigenvalue weighted by molar-refractivity contribution is 7.07. The van der Waals surface area contributed by atoms with Crippen molar-refractivity contribution < 1.29 is 9.53 Å². The topological polar surface area (TPSA) is 55.6 Å². The van der Waals surface area contributed by atoms with Gasteiger partial charge in [0.1, 0.15) is 6.10 Å².